The molecule has 2 heterocycles. The van der Waals surface area contributed by atoms with Gasteiger partial charge in [0.2, 0.25) is 5.91 Å². The fourth-order valence-corrected chi connectivity index (χ4v) is 4.71. The molecule has 3 aromatic carbocycles. The van der Waals surface area contributed by atoms with Crippen LogP contribution in [0.25, 0.3) is 33.2 Å². The van der Waals surface area contributed by atoms with Crippen LogP contribution in [0.2, 0.25) is 15.2 Å². The second kappa shape index (κ2) is 10.5. The number of rotatable bonds is 5. The normalized spacial score (nSPS) is 14.3. The molecular formula is C27H22Cl3N3O2. The Hall–Kier alpha value is -2.67. The summed E-state index contributed by atoms with van der Waals surface area (Å²) in [6.45, 7) is 3.07. The van der Waals surface area contributed by atoms with Crippen LogP contribution in [0.4, 0.5) is 5.69 Å². The number of hydrogen-bond donors (Lipinski definition) is 1. The van der Waals surface area contributed by atoms with Gasteiger partial charge in [-0.1, -0.05) is 46.9 Å². The van der Waals surface area contributed by atoms with Gasteiger partial charge in [0.1, 0.15) is 5.15 Å². The van der Waals surface area contributed by atoms with Crippen LogP contribution in [-0.4, -0.2) is 48.6 Å². The Balaban J connectivity index is 1.54. The van der Waals surface area contributed by atoms with Gasteiger partial charge in [0.15, 0.2) is 0 Å². The summed E-state index contributed by atoms with van der Waals surface area (Å²) >= 11 is 18.9. The molecule has 0 radical (unpaired) electrons. The van der Waals surface area contributed by atoms with Gasteiger partial charge < -0.3 is 10.1 Å². The molecule has 4 aromatic rings. The first-order valence-electron chi connectivity index (χ1n) is 11.2. The number of carbonyl (C=O) groups is 1. The number of aromatic nitrogens is 1. The molecule has 1 amide bonds. The number of fused-ring (bicyclic) bond motifs is 1. The predicted octanol–water partition coefficient (Wildman–Crippen LogP) is 6.80. The largest absolute Gasteiger partial charge is 0.379 e. The average molecular weight is 527 g/mol. The van der Waals surface area contributed by atoms with Gasteiger partial charge in [0.25, 0.3) is 0 Å². The average Bonchev–Trinajstić information content (AvgIpc) is 2.84. The summed E-state index contributed by atoms with van der Waals surface area (Å²) in [5, 5.41) is 5.59. The van der Waals surface area contributed by atoms with Crippen LogP contribution < -0.4 is 5.32 Å². The Kier molecular flexibility index (Phi) is 7.23. The molecule has 1 aliphatic heterocycles. The lowest BCUT2D eigenvalue weighted by molar-refractivity contribution is -0.118. The maximum Gasteiger partial charge on any atom is 0.238 e. The van der Waals surface area contributed by atoms with Gasteiger partial charge in [0, 0.05) is 39.8 Å². The fourth-order valence-electron chi connectivity index (χ4n) is 4.15. The van der Waals surface area contributed by atoms with Gasteiger partial charge in [-0.3, -0.25) is 9.69 Å². The lowest BCUT2D eigenvalue weighted by Gasteiger charge is -2.25. The molecule has 35 heavy (non-hydrogen) atoms. The quantitative estimate of drug-likeness (QED) is 0.291. The SMILES string of the molecule is O=C(CN1CCOCC1)Nc1cc(-c2ccc(Cl)cc2)cc(-c2cc3cc(Cl)ccc3nc2Cl)c1. The summed E-state index contributed by atoms with van der Waals surface area (Å²) in [5.74, 6) is -0.0828. The number of nitrogens with one attached hydrogen (secondary N) is 1. The van der Waals surface area contributed by atoms with E-state index in [1.807, 2.05) is 60.7 Å². The highest BCUT2D eigenvalue weighted by atomic mass is 35.5. The standard InChI is InChI=1S/C27H22Cl3N3O2/c28-21-3-1-17(2-4-21)18-11-19(24-15-20-12-22(29)5-6-25(20)32-27(24)30)14-23(13-18)31-26(34)16-33-7-9-35-10-8-33/h1-6,11-15H,7-10,16H2,(H,31,34). The molecule has 0 aliphatic carbocycles. The Morgan fingerprint density at radius 1 is 0.857 bits per heavy atom. The zero-order chi connectivity index (χ0) is 24.4. The van der Waals surface area contributed by atoms with Gasteiger partial charge in [-0.15, -0.1) is 0 Å². The molecule has 5 rings (SSSR count). The number of morpholine rings is 1. The number of anilines is 1. The van der Waals surface area contributed by atoms with E-state index in [0.29, 0.717) is 40.6 Å². The maximum atomic E-state index is 12.8. The topological polar surface area (TPSA) is 54.5 Å². The molecule has 1 fully saturated rings. The highest BCUT2D eigenvalue weighted by molar-refractivity contribution is 6.33. The highest BCUT2D eigenvalue weighted by Gasteiger charge is 2.16. The second-order valence-corrected chi connectivity index (χ2v) is 9.64. The van der Waals surface area contributed by atoms with E-state index in [4.69, 9.17) is 39.5 Å². The van der Waals surface area contributed by atoms with Crippen molar-refractivity contribution >= 4 is 57.3 Å². The van der Waals surface area contributed by atoms with Crippen LogP contribution in [0.3, 0.4) is 0 Å². The third-order valence-corrected chi connectivity index (χ3v) is 6.68. The molecule has 0 spiro atoms. The van der Waals surface area contributed by atoms with Crippen molar-refractivity contribution in [3.63, 3.8) is 0 Å². The van der Waals surface area contributed by atoms with Crippen molar-refractivity contribution in [2.75, 3.05) is 38.2 Å². The minimum atomic E-state index is -0.0828. The van der Waals surface area contributed by atoms with E-state index in [0.717, 1.165) is 46.2 Å². The number of halogens is 3. The molecule has 0 saturated carbocycles. The summed E-state index contributed by atoms with van der Waals surface area (Å²) < 4.78 is 5.38. The summed E-state index contributed by atoms with van der Waals surface area (Å²) in [6.07, 6.45) is 0. The lowest BCUT2D eigenvalue weighted by Crippen LogP contribution is -2.41. The number of nitrogens with zero attached hydrogens (tertiary/aromatic N) is 2. The lowest BCUT2D eigenvalue weighted by atomic mass is 9.98. The number of pyridine rings is 1. The molecule has 178 valence electrons. The Morgan fingerprint density at radius 3 is 2.34 bits per heavy atom. The monoisotopic (exact) mass is 525 g/mol. The zero-order valence-corrected chi connectivity index (χ0v) is 21.0. The molecule has 0 unspecified atom stereocenters. The number of hydrogen-bond acceptors (Lipinski definition) is 4. The molecule has 0 bridgehead atoms. The van der Waals surface area contributed by atoms with Crippen molar-refractivity contribution in [1.82, 2.24) is 9.88 Å². The third kappa shape index (κ3) is 5.77. The van der Waals surface area contributed by atoms with Gasteiger partial charge in [-0.05, 0) is 71.3 Å². The second-order valence-electron chi connectivity index (χ2n) is 8.41. The summed E-state index contributed by atoms with van der Waals surface area (Å²) in [4.78, 5) is 19.5. The van der Waals surface area contributed by atoms with Crippen LogP contribution in [-0.2, 0) is 9.53 Å². The molecule has 1 aromatic heterocycles. The highest BCUT2D eigenvalue weighted by Crippen LogP contribution is 2.36. The number of amides is 1. The van der Waals surface area contributed by atoms with Crippen LogP contribution in [0.15, 0.2) is 66.7 Å². The van der Waals surface area contributed by atoms with Gasteiger partial charge >= 0.3 is 0 Å². The number of carbonyl (C=O) groups excluding carboxylic acids is 1. The molecule has 8 heteroatoms. The van der Waals surface area contributed by atoms with Crippen molar-refractivity contribution in [1.29, 1.82) is 0 Å². The van der Waals surface area contributed by atoms with Crippen molar-refractivity contribution in [2.24, 2.45) is 0 Å². The van der Waals surface area contributed by atoms with Crippen LogP contribution >= 0.6 is 34.8 Å². The fraction of sp³-hybridized carbons (Fsp3) is 0.185. The Bertz CT molecular complexity index is 1390. The van der Waals surface area contributed by atoms with Crippen LogP contribution in [0, 0.1) is 0 Å². The Labute approximate surface area is 218 Å². The van der Waals surface area contributed by atoms with E-state index in [9.17, 15) is 4.79 Å². The molecular weight excluding hydrogens is 505 g/mol. The van der Waals surface area contributed by atoms with Gasteiger partial charge in [-0.25, -0.2) is 4.98 Å². The van der Waals surface area contributed by atoms with Crippen molar-refractivity contribution in [3.05, 3.63) is 81.9 Å². The summed E-state index contributed by atoms with van der Waals surface area (Å²) in [6, 6.07) is 20.9. The number of benzene rings is 3. The molecule has 1 N–H and O–H groups in total. The smallest absolute Gasteiger partial charge is 0.238 e. The van der Waals surface area contributed by atoms with Crippen LogP contribution in [0.1, 0.15) is 0 Å². The van der Waals surface area contributed by atoms with E-state index in [1.54, 1.807) is 6.07 Å². The summed E-state index contributed by atoms with van der Waals surface area (Å²) in [7, 11) is 0. The Morgan fingerprint density at radius 2 is 1.57 bits per heavy atom. The van der Waals surface area contributed by atoms with Crippen molar-refractivity contribution in [2.45, 2.75) is 0 Å². The van der Waals surface area contributed by atoms with E-state index in [1.165, 1.54) is 0 Å². The third-order valence-electron chi connectivity index (χ3n) is 5.91. The van der Waals surface area contributed by atoms with Crippen LogP contribution in [0.5, 0.6) is 0 Å². The van der Waals surface area contributed by atoms with E-state index in [-0.39, 0.29) is 5.91 Å². The molecule has 0 atom stereocenters. The van der Waals surface area contributed by atoms with E-state index in [2.05, 4.69) is 15.2 Å². The predicted molar refractivity (Wildman–Crippen MR) is 144 cm³/mol. The van der Waals surface area contributed by atoms with Gasteiger partial charge in [-0.2, -0.15) is 0 Å². The molecule has 1 aliphatic rings. The summed E-state index contributed by atoms with van der Waals surface area (Å²) in [5.41, 5.74) is 4.90. The van der Waals surface area contributed by atoms with E-state index < -0.39 is 0 Å². The first-order valence-corrected chi connectivity index (χ1v) is 12.4. The zero-order valence-electron chi connectivity index (χ0n) is 18.7. The van der Waals surface area contributed by atoms with E-state index >= 15 is 0 Å². The van der Waals surface area contributed by atoms with Gasteiger partial charge in [0.05, 0.1) is 25.3 Å². The minimum absolute atomic E-state index is 0.0828. The first kappa shape index (κ1) is 24.0. The number of ether oxygens (including phenoxy) is 1. The van der Waals surface area contributed by atoms with Crippen molar-refractivity contribution in [3.8, 4) is 22.3 Å². The minimum Gasteiger partial charge on any atom is -0.379 e. The maximum absolute atomic E-state index is 12.8. The van der Waals surface area contributed by atoms with Crippen molar-refractivity contribution < 1.29 is 9.53 Å². The molecule has 5 nitrogen and oxygen atoms in total. The molecule has 1 saturated heterocycles. The first-order chi connectivity index (χ1) is 16.9.